The molecule has 0 radical (unpaired) electrons. The first-order valence-electron chi connectivity index (χ1n) is 10.1. The molecule has 0 aromatic carbocycles. The molecule has 160 valence electrons. The molecule has 0 aliphatic carbocycles. The molecule has 10 heteroatoms. The molecule has 4 atom stereocenters. The molecule has 0 amide bonds. The summed E-state index contributed by atoms with van der Waals surface area (Å²) in [5.74, 6) is 0. The average molecular weight is 457 g/mol. The Balaban J connectivity index is 1.39. The summed E-state index contributed by atoms with van der Waals surface area (Å²) in [6.07, 6.45) is 4.45. The molecule has 5 rings (SSSR count). The second-order valence-electron chi connectivity index (χ2n) is 8.19. The second kappa shape index (κ2) is 7.97. The number of aliphatic hydroxyl groups is 1. The van der Waals surface area contributed by atoms with Gasteiger partial charge in [-0.1, -0.05) is 22.9 Å². The molecule has 8 nitrogen and oxygen atoms in total. The number of halogens is 1. The highest BCUT2D eigenvalue weighted by Gasteiger charge is 2.48. The number of nitrogens with one attached hydrogen (secondary N) is 1. The van der Waals surface area contributed by atoms with Crippen molar-refractivity contribution in [3.05, 3.63) is 62.3 Å². The van der Waals surface area contributed by atoms with E-state index in [2.05, 4.69) is 27.5 Å². The van der Waals surface area contributed by atoms with Gasteiger partial charge < -0.3 is 15.2 Å². The van der Waals surface area contributed by atoms with E-state index in [1.165, 1.54) is 11.3 Å². The van der Waals surface area contributed by atoms with E-state index in [1.54, 1.807) is 16.9 Å². The van der Waals surface area contributed by atoms with Crippen molar-refractivity contribution in [1.29, 1.82) is 5.26 Å². The minimum absolute atomic E-state index is 0.0411. The quantitative estimate of drug-likeness (QED) is 0.623. The number of nitrogens with zero attached hydrogens (tertiary/aromatic N) is 5. The molecule has 0 bridgehead atoms. The predicted octanol–water partition coefficient (Wildman–Crippen LogP) is 3.08. The van der Waals surface area contributed by atoms with Crippen molar-refractivity contribution in [2.45, 2.75) is 50.1 Å². The Morgan fingerprint density at radius 2 is 2.32 bits per heavy atom. The van der Waals surface area contributed by atoms with Crippen LogP contribution < -0.4 is 5.32 Å². The van der Waals surface area contributed by atoms with Crippen molar-refractivity contribution >= 4 is 22.9 Å². The third-order valence-corrected chi connectivity index (χ3v) is 7.34. The number of thiophene rings is 1. The van der Waals surface area contributed by atoms with Crippen molar-refractivity contribution in [3.63, 3.8) is 0 Å². The summed E-state index contributed by atoms with van der Waals surface area (Å²) in [6, 6.07) is 7.59. The van der Waals surface area contributed by atoms with Crippen LogP contribution in [0.5, 0.6) is 0 Å². The molecule has 2 aliphatic heterocycles. The van der Waals surface area contributed by atoms with Crippen LogP contribution in [-0.2, 0) is 16.9 Å². The van der Waals surface area contributed by atoms with Crippen LogP contribution in [0.3, 0.4) is 0 Å². The molecule has 0 unspecified atom stereocenters. The highest BCUT2D eigenvalue weighted by molar-refractivity contribution is 7.16. The normalized spacial score (nSPS) is 27.7. The number of rotatable bonds is 3. The van der Waals surface area contributed by atoms with Crippen LogP contribution >= 0.6 is 22.9 Å². The third kappa shape index (κ3) is 3.86. The van der Waals surface area contributed by atoms with E-state index in [-0.39, 0.29) is 18.7 Å². The average Bonchev–Trinajstić information content (AvgIpc) is 3.39. The number of aromatic nitrogens is 4. The van der Waals surface area contributed by atoms with E-state index in [0.717, 1.165) is 28.1 Å². The Hall–Kier alpha value is -2.35. The maximum absolute atomic E-state index is 10.4. The van der Waals surface area contributed by atoms with Gasteiger partial charge in [0.05, 0.1) is 35.4 Å². The SMILES string of the molecule is C[C@H]1C[C@@]2(C[C@@H](c3cn(Cc4ccc(C#N)nc4)nn3)N1)OC[C@@H](O)c1cc(Cl)sc12. The van der Waals surface area contributed by atoms with E-state index >= 15 is 0 Å². The maximum Gasteiger partial charge on any atom is 0.140 e. The fourth-order valence-corrected chi connectivity index (χ4v) is 6.01. The van der Waals surface area contributed by atoms with Gasteiger partial charge in [0.1, 0.15) is 23.5 Å². The molecule has 1 fully saturated rings. The maximum atomic E-state index is 10.4. The third-order valence-electron chi connectivity index (χ3n) is 5.87. The lowest BCUT2D eigenvalue weighted by atomic mass is 9.79. The molecule has 2 aliphatic rings. The first kappa shape index (κ1) is 20.5. The monoisotopic (exact) mass is 456 g/mol. The smallest absolute Gasteiger partial charge is 0.140 e. The lowest BCUT2D eigenvalue weighted by molar-refractivity contribution is -0.129. The number of hydrogen-bond donors (Lipinski definition) is 2. The topological polar surface area (TPSA) is 109 Å². The van der Waals surface area contributed by atoms with Crippen LogP contribution in [0.2, 0.25) is 4.34 Å². The number of piperidine rings is 1. The largest absolute Gasteiger partial charge is 0.386 e. The Morgan fingerprint density at radius 3 is 3.10 bits per heavy atom. The minimum atomic E-state index is -0.644. The lowest BCUT2D eigenvalue weighted by Crippen LogP contribution is -2.50. The molecule has 31 heavy (non-hydrogen) atoms. The molecular weight excluding hydrogens is 436 g/mol. The van der Waals surface area contributed by atoms with E-state index < -0.39 is 11.7 Å². The molecule has 3 aromatic rings. The highest BCUT2D eigenvalue weighted by Crippen LogP contribution is 2.51. The van der Waals surface area contributed by atoms with Gasteiger partial charge in [-0.3, -0.25) is 0 Å². The summed E-state index contributed by atoms with van der Waals surface area (Å²) in [4.78, 5) is 5.12. The fourth-order valence-electron chi connectivity index (χ4n) is 4.55. The van der Waals surface area contributed by atoms with Crippen molar-refractivity contribution < 1.29 is 9.84 Å². The van der Waals surface area contributed by atoms with Crippen molar-refractivity contribution in [2.75, 3.05) is 6.61 Å². The van der Waals surface area contributed by atoms with Crippen LogP contribution in [0, 0.1) is 11.3 Å². The minimum Gasteiger partial charge on any atom is -0.386 e. The zero-order chi connectivity index (χ0) is 21.6. The highest BCUT2D eigenvalue weighted by atomic mass is 35.5. The van der Waals surface area contributed by atoms with Gasteiger partial charge in [0.2, 0.25) is 0 Å². The van der Waals surface area contributed by atoms with Crippen LogP contribution in [0.25, 0.3) is 0 Å². The van der Waals surface area contributed by atoms with E-state index in [9.17, 15) is 5.11 Å². The fraction of sp³-hybridized carbons (Fsp3) is 0.429. The number of fused-ring (bicyclic) bond motifs is 2. The Kier molecular flexibility index (Phi) is 5.28. The summed E-state index contributed by atoms with van der Waals surface area (Å²) in [5, 5.41) is 31.6. The number of ether oxygens (including phenoxy) is 1. The van der Waals surface area contributed by atoms with Crippen molar-refractivity contribution in [2.24, 2.45) is 0 Å². The summed E-state index contributed by atoms with van der Waals surface area (Å²) in [5.41, 5.74) is 2.55. The standard InChI is InChI=1S/C21H21ClN6O2S/c1-12-5-21(20-15(4-19(22)31-20)18(29)11-30-21)6-16(25-12)17-10-28(27-26-17)9-13-2-3-14(7-23)24-8-13/h2-4,8,10,12,16,18,25,29H,5-6,9,11H2,1H3/t12-,16-,18+,21-/m0/s1. The summed E-state index contributed by atoms with van der Waals surface area (Å²) >= 11 is 7.79. The summed E-state index contributed by atoms with van der Waals surface area (Å²) in [6.45, 7) is 2.91. The lowest BCUT2D eigenvalue weighted by Gasteiger charge is -2.46. The number of aliphatic hydroxyl groups excluding tert-OH is 1. The van der Waals surface area contributed by atoms with Crippen molar-refractivity contribution in [3.8, 4) is 6.07 Å². The molecule has 1 spiro atoms. The van der Waals surface area contributed by atoms with Gasteiger partial charge in [0.25, 0.3) is 0 Å². The summed E-state index contributed by atoms with van der Waals surface area (Å²) < 4.78 is 8.71. The zero-order valence-corrected chi connectivity index (χ0v) is 18.4. The van der Waals surface area contributed by atoms with Gasteiger partial charge in [-0.2, -0.15) is 5.26 Å². The van der Waals surface area contributed by atoms with Crippen LogP contribution in [0.4, 0.5) is 0 Å². The molecule has 2 N–H and O–H groups in total. The van der Waals surface area contributed by atoms with Gasteiger partial charge in [0, 0.05) is 29.1 Å². The molecule has 5 heterocycles. The first-order chi connectivity index (χ1) is 15.0. The van der Waals surface area contributed by atoms with Gasteiger partial charge >= 0.3 is 0 Å². The predicted molar refractivity (Wildman–Crippen MR) is 115 cm³/mol. The molecular formula is C21H21ClN6O2S. The number of pyridine rings is 1. The molecule has 0 saturated carbocycles. The van der Waals surface area contributed by atoms with E-state index in [0.29, 0.717) is 23.0 Å². The molecule has 3 aromatic heterocycles. The Labute approximate surface area is 188 Å². The van der Waals surface area contributed by atoms with Gasteiger partial charge in [-0.05, 0) is 31.0 Å². The summed E-state index contributed by atoms with van der Waals surface area (Å²) in [7, 11) is 0. The molecule has 1 saturated heterocycles. The number of nitriles is 1. The Morgan fingerprint density at radius 1 is 1.45 bits per heavy atom. The van der Waals surface area contributed by atoms with Crippen LogP contribution in [0.1, 0.15) is 59.3 Å². The van der Waals surface area contributed by atoms with Gasteiger partial charge in [-0.25, -0.2) is 9.67 Å². The van der Waals surface area contributed by atoms with Crippen LogP contribution in [0.15, 0.2) is 30.6 Å². The van der Waals surface area contributed by atoms with Gasteiger partial charge in [0.15, 0.2) is 0 Å². The Bertz CT molecular complexity index is 1140. The van der Waals surface area contributed by atoms with Crippen molar-refractivity contribution in [1.82, 2.24) is 25.3 Å². The second-order valence-corrected chi connectivity index (χ2v) is 9.87. The van der Waals surface area contributed by atoms with Crippen LogP contribution in [-0.4, -0.2) is 37.7 Å². The number of hydrogen-bond acceptors (Lipinski definition) is 8. The zero-order valence-electron chi connectivity index (χ0n) is 16.8. The van der Waals surface area contributed by atoms with Gasteiger partial charge in [-0.15, -0.1) is 16.4 Å². The van der Waals surface area contributed by atoms with E-state index in [1.807, 2.05) is 24.4 Å². The van der Waals surface area contributed by atoms with E-state index in [4.69, 9.17) is 21.6 Å². The first-order valence-corrected chi connectivity index (χ1v) is 11.3.